The fraction of sp³-hybridized carbons (Fsp3) is 0.0769. The normalized spacial score (nSPS) is 13.5. The van der Waals surface area contributed by atoms with Crippen LogP contribution in [0.2, 0.25) is 10.0 Å². The molecule has 0 aliphatic rings. The molecule has 0 fully saturated rings. The molecule has 120 valence electrons. The second kappa shape index (κ2) is 6.97. The smallest absolute Gasteiger partial charge is 0.282 e. The van der Waals surface area contributed by atoms with Gasteiger partial charge in [0.15, 0.2) is 0 Å². The highest BCUT2D eigenvalue weighted by Crippen LogP contribution is 2.29. The van der Waals surface area contributed by atoms with E-state index < -0.39 is 29.8 Å². The monoisotopic (exact) mass is 382 g/mol. The van der Waals surface area contributed by atoms with E-state index in [9.17, 15) is 16.8 Å². The Morgan fingerprint density at radius 1 is 1.18 bits per heavy atom. The fourth-order valence-electron chi connectivity index (χ4n) is 1.42. The highest BCUT2D eigenvalue weighted by atomic mass is 35.5. The van der Waals surface area contributed by atoms with Gasteiger partial charge in [0.05, 0.1) is 19.7 Å². The van der Waals surface area contributed by atoms with Crippen molar-refractivity contribution in [2.75, 3.05) is 0 Å². The van der Waals surface area contributed by atoms with Crippen molar-refractivity contribution in [2.24, 2.45) is 0 Å². The number of benzene rings is 1. The number of allylic oxidation sites excluding steroid dienone is 3. The van der Waals surface area contributed by atoms with Gasteiger partial charge in [0, 0.05) is 5.02 Å². The molecule has 1 aromatic rings. The third kappa shape index (κ3) is 4.44. The summed E-state index contributed by atoms with van der Waals surface area (Å²) in [7, 11) is -8.49. The quantitative estimate of drug-likeness (QED) is 0.620. The van der Waals surface area contributed by atoms with E-state index in [0.29, 0.717) is 0 Å². The first-order valence-corrected chi connectivity index (χ1v) is 9.39. The molecule has 0 saturated heterocycles. The van der Waals surface area contributed by atoms with Gasteiger partial charge in [-0.2, -0.15) is 8.42 Å². The summed E-state index contributed by atoms with van der Waals surface area (Å²) in [4.78, 5) is -1.11. The van der Waals surface area contributed by atoms with Gasteiger partial charge >= 0.3 is 0 Å². The zero-order chi connectivity index (χ0) is 17.1. The molecule has 0 spiro atoms. The van der Waals surface area contributed by atoms with Gasteiger partial charge in [0.25, 0.3) is 10.1 Å². The highest BCUT2D eigenvalue weighted by molar-refractivity contribution is 7.95. The standard InChI is InChI=1S/C13H12Cl2O5S2/c1-3-11(22(18,19)20)6-4-9(2)21(16,17)13-8-10(14)5-7-12(13)15/h3-8H,2H2,1H3,(H,18,19,20)/b6-4-,11-3+. The van der Waals surface area contributed by atoms with Gasteiger partial charge in [-0.25, -0.2) is 8.42 Å². The number of halogens is 2. The summed E-state index contributed by atoms with van der Waals surface area (Å²) in [6.07, 6.45) is 2.99. The number of rotatable bonds is 5. The average molecular weight is 383 g/mol. The molecule has 0 heterocycles. The van der Waals surface area contributed by atoms with Crippen molar-refractivity contribution in [3.63, 3.8) is 0 Å². The fourth-order valence-corrected chi connectivity index (χ4v) is 3.75. The van der Waals surface area contributed by atoms with Crippen LogP contribution in [0.1, 0.15) is 6.92 Å². The Hall–Kier alpha value is -1.12. The lowest BCUT2D eigenvalue weighted by atomic mass is 10.4. The maximum Gasteiger partial charge on any atom is 0.294 e. The Morgan fingerprint density at radius 3 is 2.27 bits per heavy atom. The first-order chi connectivity index (χ1) is 10.00. The number of hydrogen-bond donors (Lipinski definition) is 1. The Balaban J connectivity index is 3.25. The summed E-state index contributed by atoms with van der Waals surface area (Å²) in [6, 6.07) is 3.92. The maximum atomic E-state index is 12.3. The van der Waals surface area contributed by atoms with Crippen LogP contribution < -0.4 is 0 Å². The molecule has 0 radical (unpaired) electrons. The first kappa shape index (κ1) is 18.9. The summed E-state index contributed by atoms with van der Waals surface area (Å²) < 4.78 is 55.6. The lowest BCUT2D eigenvalue weighted by molar-refractivity contribution is 0.492. The van der Waals surface area contributed by atoms with E-state index in [-0.39, 0.29) is 14.9 Å². The summed E-state index contributed by atoms with van der Waals surface area (Å²) in [6.45, 7) is 4.76. The van der Waals surface area contributed by atoms with Crippen LogP contribution in [0.15, 0.2) is 57.7 Å². The minimum absolute atomic E-state index is 0.0417. The Morgan fingerprint density at radius 2 is 1.77 bits per heavy atom. The van der Waals surface area contributed by atoms with Crippen LogP contribution in [0.3, 0.4) is 0 Å². The van der Waals surface area contributed by atoms with E-state index in [4.69, 9.17) is 27.8 Å². The summed E-state index contributed by atoms with van der Waals surface area (Å²) in [5.74, 6) is 0. The van der Waals surface area contributed by atoms with E-state index in [1.807, 2.05) is 0 Å². The molecule has 0 aromatic heterocycles. The Bertz CT molecular complexity index is 866. The molecule has 0 aliphatic carbocycles. The van der Waals surface area contributed by atoms with Crippen molar-refractivity contribution in [3.05, 3.63) is 62.9 Å². The SMILES string of the molecule is C=C(/C=C\C(=C/C)S(=O)(=O)O)S(=O)(=O)c1cc(Cl)ccc1Cl. The van der Waals surface area contributed by atoms with Gasteiger partial charge < -0.3 is 0 Å². The predicted octanol–water partition coefficient (Wildman–Crippen LogP) is 3.63. The first-order valence-electron chi connectivity index (χ1n) is 5.71. The molecule has 0 aliphatic heterocycles. The molecule has 1 N–H and O–H groups in total. The topological polar surface area (TPSA) is 88.5 Å². The lowest BCUT2D eigenvalue weighted by Crippen LogP contribution is -2.04. The molecule has 0 bridgehead atoms. The van der Waals surface area contributed by atoms with E-state index in [1.54, 1.807) is 0 Å². The molecule has 0 unspecified atom stereocenters. The van der Waals surface area contributed by atoms with Crippen LogP contribution in [0.5, 0.6) is 0 Å². The van der Waals surface area contributed by atoms with Crippen molar-refractivity contribution in [1.29, 1.82) is 0 Å². The second-order valence-electron chi connectivity index (χ2n) is 4.04. The number of sulfone groups is 1. The van der Waals surface area contributed by atoms with Crippen LogP contribution in [-0.2, 0) is 20.0 Å². The van der Waals surface area contributed by atoms with Gasteiger partial charge in [0.1, 0.15) is 0 Å². The van der Waals surface area contributed by atoms with Gasteiger partial charge in [-0.3, -0.25) is 4.55 Å². The van der Waals surface area contributed by atoms with Gasteiger partial charge in [-0.05, 0) is 37.3 Å². The van der Waals surface area contributed by atoms with Crippen LogP contribution in [-0.4, -0.2) is 21.4 Å². The summed E-state index contributed by atoms with van der Waals surface area (Å²) in [5, 5.41) is 0.131. The summed E-state index contributed by atoms with van der Waals surface area (Å²) >= 11 is 11.6. The molecule has 5 nitrogen and oxygen atoms in total. The van der Waals surface area contributed by atoms with E-state index in [2.05, 4.69) is 6.58 Å². The molecule has 9 heteroatoms. The van der Waals surface area contributed by atoms with Crippen LogP contribution in [0.4, 0.5) is 0 Å². The zero-order valence-electron chi connectivity index (χ0n) is 11.3. The van der Waals surface area contributed by atoms with Crippen molar-refractivity contribution in [1.82, 2.24) is 0 Å². The van der Waals surface area contributed by atoms with Gasteiger partial charge in [0.2, 0.25) is 9.84 Å². The summed E-state index contributed by atoms with van der Waals surface area (Å²) in [5.41, 5.74) is 0. The number of hydrogen-bond acceptors (Lipinski definition) is 4. The Kier molecular flexibility index (Phi) is 6.00. The molecule has 22 heavy (non-hydrogen) atoms. The van der Waals surface area contributed by atoms with Crippen molar-refractivity contribution in [3.8, 4) is 0 Å². The van der Waals surface area contributed by atoms with Crippen LogP contribution in [0.25, 0.3) is 0 Å². The highest BCUT2D eigenvalue weighted by Gasteiger charge is 2.21. The van der Waals surface area contributed by atoms with Crippen molar-refractivity contribution >= 4 is 43.2 Å². The van der Waals surface area contributed by atoms with Crippen molar-refractivity contribution in [2.45, 2.75) is 11.8 Å². The molecule has 1 aromatic carbocycles. The average Bonchev–Trinajstić information content (AvgIpc) is 2.40. The molecule has 0 atom stereocenters. The zero-order valence-corrected chi connectivity index (χ0v) is 14.5. The minimum Gasteiger partial charge on any atom is -0.282 e. The van der Waals surface area contributed by atoms with E-state index in [1.165, 1.54) is 19.1 Å². The Labute approximate surface area is 139 Å². The third-order valence-electron chi connectivity index (χ3n) is 2.54. The van der Waals surface area contributed by atoms with Crippen molar-refractivity contribution < 1.29 is 21.4 Å². The van der Waals surface area contributed by atoms with E-state index >= 15 is 0 Å². The van der Waals surface area contributed by atoms with Gasteiger partial charge in [-0.1, -0.05) is 35.9 Å². The molecular weight excluding hydrogens is 371 g/mol. The largest absolute Gasteiger partial charge is 0.294 e. The molecule has 0 saturated carbocycles. The predicted molar refractivity (Wildman–Crippen MR) is 87.2 cm³/mol. The van der Waals surface area contributed by atoms with Crippen LogP contribution in [0, 0.1) is 0 Å². The lowest BCUT2D eigenvalue weighted by Gasteiger charge is -2.07. The minimum atomic E-state index is -4.44. The molecule has 1 rings (SSSR count). The second-order valence-corrected chi connectivity index (χ2v) is 8.28. The van der Waals surface area contributed by atoms with E-state index in [0.717, 1.165) is 24.3 Å². The van der Waals surface area contributed by atoms with Crippen LogP contribution >= 0.6 is 23.2 Å². The van der Waals surface area contributed by atoms with Gasteiger partial charge in [-0.15, -0.1) is 0 Å². The molecule has 0 amide bonds. The maximum absolute atomic E-state index is 12.3. The third-order valence-corrected chi connectivity index (χ3v) is 5.93. The molecular formula is C13H12Cl2O5S2.